The Bertz CT molecular complexity index is 385. The van der Waals surface area contributed by atoms with E-state index in [2.05, 4.69) is 31.7 Å². The molecule has 0 saturated carbocycles. The lowest BCUT2D eigenvalue weighted by Crippen LogP contribution is -2.12. The van der Waals surface area contributed by atoms with Gasteiger partial charge in [-0.3, -0.25) is 0 Å². The Kier molecular flexibility index (Phi) is 15.4. The lowest BCUT2D eigenvalue weighted by atomic mass is 10.0. The molecule has 0 saturated heterocycles. The molecule has 0 bridgehead atoms. The van der Waals surface area contributed by atoms with Crippen molar-refractivity contribution < 1.29 is 19.1 Å². The summed E-state index contributed by atoms with van der Waals surface area (Å²) in [5.74, 6) is -0.358. The minimum atomic E-state index is -0.685. The minimum absolute atomic E-state index is 0.310. The van der Waals surface area contributed by atoms with Gasteiger partial charge in [-0.1, -0.05) is 46.3 Å². The summed E-state index contributed by atoms with van der Waals surface area (Å²) in [6.07, 6.45) is 6.19. The van der Waals surface area contributed by atoms with E-state index in [1.54, 1.807) is 6.07 Å². The summed E-state index contributed by atoms with van der Waals surface area (Å²) in [6.45, 7) is 12.8. The number of nitriles is 1. The van der Waals surface area contributed by atoms with Crippen LogP contribution in [0.1, 0.15) is 46.5 Å². The zero-order valence-corrected chi connectivity index (χ0v) is 13.8. The molecular weight excluding hydrogens is 282 g/mol. The fraction of sp³-hybridized carbons (Fsp3) is 0.588. The molecule has 0 rings (SSSR count). The van der Waals surface area contributed by atoms with Crippen LogP contribution in [0.5, 0.6) is 0 Å². The maximum Gasteiger partial charge on any atom is 0.331 e. The largest absolute Gasteiger partial charge is 0.462 e. The van der Waals surface area contributed by atoms with E-state index in [1.165, 1.54) is 25.8 Å². The van der Waals surface area contributed by atoms with Crippen molar-refractivity contribution in [2.24, 2.45) is 5.92 Å². The topological polar surface area (TPSA) is 76.4 Å². The van der Waals surface area contributed by atoms with Crippen LogP contribution in [0.2, 0.25) is 0 Å². The van der Waals surface area contributed by atoms with E-state index in [9.17, 15) is 9.59 Å². The predicted molar refractivity (Wildman–Crippen MR) is 85.8 cm³/mol. The van der Waals surface area contributed by atoms with Crippen molar-refractivity contribution in [1.29, 1.82) is 5.26 Å². The Morgan fingerprint density at radius 2 is 1.82 bits per heavy atom. The van der Waals surface area contributed by atoms with Crippen LogP contribution in [0.15, 0.2) is 25.3 Å². The first-order valence-electron chi connectivity index (χ1n) is 7.46. The molecule has 0 N–H and O–H groups in total. The molecule has 0 heterocycles. The lowest BCUT2D eigenvalue weighted by Gasteiger charge is -2.13. The van der Waals surface area contributed by atoms with Gasteiger partial charge in [-0.15, -0.1) is 0 Å². The number of hydrogen-bond donors (Lipinski definition) is 0. The molecule has 0 amide bonds. The highest BCUT2D eigenvalue weighted by Gasteiger charge is 2.07. The molecule has 0 aromatic heterocycles. The highest BCUT2D eigenvalue weighted by atomic mass is 16.5. The standard InChI is InChI=1S/C11H20O2.C6H7NO2/c1-4-7-8-10(5-2)9-13-11(12)6-3;1-3-6(8)9-5(2)4-7/h6,10H,3-5,7-9H2,1-2H3;3,5H,1H2,2H3. The van der Waals surface area contributed by atoms with E-state index in [1.807, 2.05) is 0 Å². The average Bonchev–Trinajstić information content (AvgIpc) is 2.54. The summed E-state index contributed by atoms with van der Waals surface area (Å²) in [4.78, 5) is 21.1. The van der Waals surface area contributed by atoms with Crippen LogP contribution < -0.4 is 0 Å². The van der Waals surface area contributed by atoms with Crippen molar-refractivity contribution in [3.63, 3.8) is 0 Å². The van der Waals surface area contributed by atoms with E-state index in [4.69, 9.17) is 10.00 Å². The van der Waals surface area contributed by atoms with E-state index in [0.717, 1.165) is 18.9 Å². The lowest BCUT2D eigenvalue weighted by molar-refractivity contribution is -0.140. The van der Waals surface area contributed by atoms with E-state index in [0.29, 0.717) is 12.5 Å². The van der Waals surface area contributed by atoms with E-state index >= 15 is 0 Å². The summed E-state index contributed by atoms with van der Waals surface area (Å²) in [5.41, 5.74) is 0. The normalized spacial score (nSPS) is 11.7. The predicted octanol–water partition coefficient (Wildman–Crippen LogP) is 3.56. The van der Waals surface area contributed by atoms with Crippen molar-refractivity contribution in [2.75, 3.05) is 6.61 Å². The highest BCUT2D eigenvalue weighted by molar-refractivity contribution is 5.81. The van der Waals surface area contributed by atoms with Gasteiger partial charge in [-0.2, -0.15) is 5.26 Å². The molecule has 5 heteroatoms. The first kappa shape index (κ1) is 22.2. The van der Waals surface area contributed by atoms with Crippen LogP contribution in [0.25, 0.3) is 0 Å². The second-order valence-corrected chi connectivity index (χ2v) is 4.66. The maximum atomic E-state index is 10.8. The van der Waals surface area contributed by atoms with Gasteiger partial charge in [0.15, 0.2) is 6.10 Å². The maximum absolute atomic E-state index is 10.8. The van der Waals surface area contributed by atoms with Crippen LogP contribution in [-0.2, 0) is 19.1 Å². The number of rotatable bonds is 9. The second-order valence-electron chi connectivity index (χ2n) is 4.66. The number of ether oxygens (including phenoxy) is 2. The molecule has 124 valence electrons. The summed E-state index contributed by atoms with van der Waals surface area (Å²) in [7, 11) is 0. The summed E-state index contributed by atoms with van der Waals surface area (Å²) >= 11 is 0. The van der Waals surface area contributed by atoms with E-state index < -0.39 is 12.1 Å². The molecule has 0 spiro atoms. The molecule has 0 aromatic rings. The summed E-state index contributed by atoms with van der Waals surface area (Å²) in [6, 6.07) is 1.74. The van der Waals surface area contributed by atoms with Crippen molar-refractivity contribution in [1.82, 2.24) is 0 Å². The summed E-state index contributed by atoms with van der Waals surface area (Å²) < 4.78 is 9.41. The van der Waals surface area contributed by atoms with Gasteiger partial charge in [-0.25, -0.2) is 9.59 Å². The second kappa shape index (κ2) is 15.3. The van der Waals surface area contributed by atoms with Gasteiger partial charge >= 0.3 is 11.9 Å². The van der Waals surface area contributed by atoms with Crippen molar-refractivity contribution in [2.45, 2.75) is 52.6 Å². The number of hydrogen-bond acceptors (Lipinski definition) is 5. The number of esters is 2. The number of carbonyl (C=O) groups excluding carboxylic acids is 2. The fourth-order valence-electron chi connectivity index (χ4n) is 1.41. The molecule has 2 unspecified atom stereocenters. The quantitative estimate of drug-likeness (QED) is 0.481. The molecule has 0 aromatic carbocycles. The molecule has 5 nitrogen and oxygen atoms in total. The number of carbonyl (C=O) groups is 2. The zero-order valence-electron chi connectivity index (χ0n) is 13.8. The fourth-order valence-corrected chi connectivity index (χ4v) is 1.41. The average molecular weight is 309 g/mol. The van der Waals surface area contributed by atoms with Crippen molar-refractivity contribution in [3.8, 4) is 6.07 Å². The molecule has 0 fully saturated rings. The van der Waals surface area contributed by atoms with Gasteiger partial charge in [0.2, 0.25) is 0 Å². The molecule has 0 radical (unpaired) electrons. The molecule has 0 aliphatic carbocycles. The Morgan fingerprint density at radius 3 is 2.23 bits per heavy atom. The summed E-state index contributed by atoms with van der Waals surface area (Å²) in [5, 5.41) is 8.12. The van der Waals surface area contributed by atoms with Gasteiger partial charge < -0.3 is 9.47 Å². The van der Waals surface area contributed by atoms with E-state index in [-0.39, 0.29) is 5.97 Å². The molecule has 2 atom stereocenters. The van der Waals surface area contributed by atoms with Crippen LogP contribution in [0.4, 0.5) is 0 Å². The minimum Gasteiger partial charge on any atom is -0.462 e. The molecule has 22 heavy (non-hydrogen) atoms. The number of unbranched alkanes of at least 4 members (excludes halogenated alkanes) is 1. The van der Waals surface area contributed by atoms with Gasteiger partial charge in [0.25, 0.3) is 0 Å². The third kappa shape index (κ3) is 14.3. The Morgan fingerprint density at radius 1 is 1.23 bits per heavy atom. The van der Waals surface area contributed by atoms with Gasteiger partial charge in [0.1, 0.15) is 6.07 Å². The smallest absolute Gasteiger partial charge is 0.331 e. The molecule has 0 aliphatic heterocycles. The zero-order chi connectivity index (χ0) is 17.4. The molecular formula is C17H27NO4. The first-order valence-corrected chi connectivity index (χ1v) is 7.46. The first-order chi connectivity index (χ1) is 10.4. The Balaban J connectivity index is 0. The monoisotopic (exact) mass is 309 g/mol. The third-order valence-corrected chi connectivity index (χ3v) is 2.81. The highest BCUT2D eigenvalue weighted by Crippen LogP contribution is 2.12. The van der Waals surface area contributed by atoms with Crippen molar-refractivity contribution >= 4 is 11.9 Å². The Hall–Kier alpha value is -2.09. The Labute approximate surface area is 133 Å². The number of nitrogens with zero attached hydrogens (tertiary/aromatic N) is 1. The van der Waals surface area contributed by atoms with Crippen molar-refractivity contribution in [3.05, 3.63) is 25.3 Å². The SMILES string of the molecule is C=CC(=O)OC(C)C#N.C=CC(=O)OCC(CC)CCCC. The molecule has 0 aliphatic rings. The van der Waals surface area contributed by atoms with Crippen LogP contribution in [0.3, 0.4) is 0 Å². The van der Waals surface area contributed by atoms with Crippen LogP contribution in [-0.4, -0.2) is 24.6 Å². The van der Waals surface area contributed by atoms with Gasteiger partial charge in [0, 0.05) is 12.2 Å². The van der Waals surface area contributed by atoms with Gasteiger partial charge in [-0.05, 0) is 19.3 Å². The van der Waals surface area contributed by atoms with Crippen LogP contribution >= 0.6 is 0 Å². The third-order valence-electron chi connectivity index (χ3n) is 2.81. The van der Waals surface area contributed by atoms with Gasteiger partial charge in [0.05, 0.1) is 6.61 Å². The van der Waals surface area contributed by atoms with Crippen LogP contribution in [0, 0.1) is 17.2 Å².